The Hall–Kier alpha value is -2.04. The molecule has 4 heteroatoms. The van der Waals surface area contributed by atoms with Gasteiger partial charge in [-0.25, -0.2) is 0 Å². The highest BCUT2D eigenvalue weighted by molar-refractivity contribution is 9.08. The minimum absolute atomic E-state index is 0.748. The van der Waals surface area contributed by atoms with Crippen molar-refractivity contribution >= 4 is 53.4 Å². The van der Waals surface area contributed by atoms with Gasteiger partial charge in [0.1, 0.15) is 11.5 Å². The van der Waals surface area contributed by atoms with Crippen LogP contribution in [0, 0.1) is 0 Å². The van der Waals surface area contributed by atoms with Gasteiger partial charge < -0.3 is 9.47 Å². The van der Waals surface area contributed by atoms with Crippen molar-refractivity contribution in [2.45, 2.75) is 153 Å². The summed E-state index contributed by atoms with van der Waals surface area (Å²) in [5.74, 6) is 1.93. The predicted molar refractivity (Wildman–Crippen MR) is 227 cm³/mol. The molecule has 0 aromatic heterocycles. The molecule has 0 amide bonds. The van der Waals surface area contributed by atoms with Gasteiger partial charge in [0.15, 0.2) is 0 Å². The lowest BCUT2D eigenvalue weighted by molar-refractivity contribution is 0.304. The normalized spacial score (nSPS) is 11.5. The molecule has 0 unspecified atom stereocenters. The Morgan fingerprint density at radius 1 is 0.440 bits per heavy atom. The van der Waals surface area contributed by atoms with E-state index in [1.807, 2.05) is 0 Å². The largest absolute Gasteiger partial charge is 0.494 e. The third kappa shape index (κ3) is 13.5. The van der Waals surface area contributed by atoms with E-state index in [0.29, 0.717) is 0 Å². The molecule has 0 spiro atoms. The number of rotatable bonds is 27. The van der Waals surface area contributed by atoms with E-state index in [-0.39, 0.29) is 0 Å². The number of hydrogen-bond donors (Lipinski definition) is 0. The first-order valence-electron chi connectivity index (χ1n) is 20.2. The number of hydrogen-bond acceptors (Lipinski definition) is 2. The van der Waals surface area contributed by atoms with E-state index in [4.69, 9.17) is 9.47 Å². The Morgan fingerprint density at radius 2 is 0.940 bits per heavy atom. The smallest absolute Gasteiger partial charge is 0.127 e. The molecule has 4 aromatic rings. The maximum absolute atomic E-state index is 6.67. The average molecular weight is 809 g/mol. The molecular weight excluding hydrogens is 744 g/mol. The van der Waals surface area contributed by atoms with Gasteiger partial charge in [-0.3, -0.25) is 0 Å². The van der Waals surface area contributed by atoms with E-state index < -0.39 is 0 Å². The molecule has 0 fully saturated rings. The van der Waals surface area contributed by atoms with Crippen LogP contribution in [-0.4, -0.2) is 13.2 Å². The number of benzene rings is 4. The van der Waals surface area contributed by atoms with Crippen molar-refractivity contribution in [2.75, 3.05) is 13.2 Å². The summed E-state index contributed by atoms with van der Waals surface area (Å²) in [5.41, 5.74) is 4.96. The second-order valence-corrected chi connectivity index (χ2v) is 15.5. The second-order valence-electron chi connectivity index (χ2n) is 14.3. The number of ether oxygens (including phenoxy) is 2. The summed E-state index contributed by atoms with van der Waals surface area (Å²) >= 11 is 7.43. The molecule has 0 bridgehead atoms. The van der Waals surface area contributed by atoms with Crippen LogP contribution in [0.15, 0.2) is 60.7 Å². The Labute approximate surface area is 321 Å². The van der Waals surface area contributed by atoms with Crippen LogP contribution in [-0.2, 0) is 10.7 Å². The van der Waals surface area contributed by atoms with Gasteiger partial charge in [0.05, 0.1) is 13.2 Å². The van der Waals surface area contributed by atoms with Gasteiger partial charge in [0.25, 0.3) is 0 Å². The molecule has 2 nitrogen and oxygen atoms in total. The first kappa shape index (κ1) is 40.7. The maximum Gasteiger partial charge on any atom is 0.127 e. The van der Waals surface area contributed by atoms with Crippen molar-refractivity contribution in [2.24, 2.45) is 0 Å². The average Bonchev–Trinajstić information content (AvgIpc) is 3.15. The van der Waals surface area contributed by atoms with Crippen LogP contribution in [0.2, 0.25) is 0 Å². The lowest BCUT2D eigenvalue weighted by Crippen LogP contribution is -2.01. The topological polar surface area (TPSA) is 18.5 Å². The highest BCUT2D eigenvalue weighted by Gasteiger charge is 2.17. The lowest BCUT2D eigenvalue weighted by Gasteiger charge is -2.18. The molecule has 0 aliphatic carbocycles. The van der Waals surface area contributed by atoms with Crippen molar-refractivity contribution in [1.29, 1.82) is 0 Å². The summed E-state index contributed by atoms with van der Waals surface area (Å²) in [7, 11) is 0. The summed E-state index contributed by atoms with van der Waals surface area (Å²) in [6, 6.07) is 22.6. The molecule has 0 saturated heterocycles. The van der Waals surface area contributed by atoms with E-state index in [9.17, 15) is 0 Å². The van der Waals surface area contributed by atoms with Gasteiger partial charge in [0, 0.05) is 16.2 Å². The van der Waals surface area contributed by atoms with Gasteiger partial charge >= 0.3 is 0 Å². The zero-order valence-corrected chi connectivity index (χ0v) is 34.5. The van der Waals surface area contributed by atoms with Gasteiger partial charge in [-0.15, -0.1) is 0 Å². The molecule has 4 aromatic carbocycles. The standard InChI is InChI=1S/C46H64Br2O2/c1-3-5-7-9-11-13-15-17-19-21-29-49-41-26-24-40-32-38(36-48)33-44(43(40)34-41)46-42-27-23-37(35-47)31-39(42)25-28-45(46)50-30-22-20-18-16-14-12-10-8-6-4-2/h23-28,31-34H,3-22,29-30,35-36H2,1-2H3. The predicted octanol–water partition coefficient (Wildman–Crippen LogP) is 16.0. The van der Waals surface area contributed by atoms with Crippen molar-refractivity contribution in [1.82, 2.24) is 0 Å². The maximum atomic E-state index is 6.67. The molecule has 4 rings (SSSR count). The molecule has 0 atom stereocenters. The number of fused-ring (bicyclic) bond motifs is 2. The SMILES string of the molecule is CCCCCCCCCCCCOc1ccc2cc(CBr)cc(-c3c(OCCCCCCCCCCCC)ccc4cc(CBr)ccc34)c2c1. The van der Waals surface area contributed by atoms with Crippen molar-refractivity contribution in [3.05, 3.63) is 71.8 Å². The summed E-state index contributed by atoms with van der Waals surface area (Å²) < 4.78 is 13.1. The molecule has 0 N–H and O–H groups in total. The number of unbranched alkanes of at least 4 members (excludes halogenated alkanes) is 18. The molecule has 50 heavy (non-hydrogen) atoms. The molecule has 0 radical (unpaired) electrons. The van der Waals surface area contributed by atoms with Gasteiger partial charge in [-0.2, -0.15) is 0 Å². The highest BCUT2D eigenvalue weighted by Crippen LogP contribution is 2.43. The van der Waals surface area contributed by atoms with E-state index in [2.05, 4.69) is 106 Å². The van der Waals surface area contributed by atoms with Crippen molar-refractivity contribution in [3.63, 3.8) is 0 Å². The Balaban J connectivity index is 1.45. The quantitative estimate of drug-likeness (QED) is 0.0441. The third-order valence-electron chi connectivity index (χ3n) is 10.1. The summed E-state index contributed by atoms with van der Waals surface area (Å²) in [6.07, 6.45) is 26.6. The van der Waals surface area contributed by atoms with Crippen LogP contribution in [0.25, 0.3) is 32.7 Å². The van der Waals surface area contributed by atoms with Crippen molar-refractivity contribution in [3.8, 4) is 22.6 Å². The minimum atomic E-state index is 0.748. The summed E-state index contributed by atoms with van der Waals surface area (Å²) in [6.45, 7) is 6.10. The van der Waals surface area contributed by atoms with E-state index in [1.165, 1.54) is 159 Å². The summed E-state index contributed by atoms with van der Waals surface area (Å²) in [5, 5.41) is 6.58. The minimum Gasteiger partial charge on any atom is -0.494 e. The fraction of sp³-hybridized carbons (Fsp3) is 0.565. The number of alkyl halides is 2. The van der Waals surface area contributed by atoms with Crippen LogP contribution in [0.1, 0.15) is 153 Å². The lowest BCUT2D eigenvalue weighted by atomic mass is 9.91. The summed E-state index contributed by atoms with van der Waals surface area (Å²) in [4.78, 5) is 0. The first-order chi connectivity index (χ1) is 24.7. The first-order valence-corrected chi connectivity index (χ1v) is 22.4. The third-order valence-corrected chi connectivity index (χ3v) is 11.4. The second kappa shape index (κ2) is 24.2. The fourth-order valence-electron chi connectivity index (χ4n) is 7.16. The van der Waals surface area contributed by atoms with E-state index >= 15 is 0 Å². The van der Waals surface area contributed by atoms with Crippen LogP contribution in [0.5, 0.6) is 11.5 Å². The van der Waals surface area contributed by atoms with Crippen LogP contribution < -0.4 is 9.47 Å². The Bertz CT molecular complexity index is 1530. The monoisotopic (exact) mass is 806 g/mol. The van der Waals surface area contributed by atoms with Gasteiger partial charge in [-0.1, -0.05) is 198 Å². The molecule has 0 saturated carbocycles. The van der Waals surface area contributed by atoms with Crippen molar-refractivity contribution < 1.29 is 9.47 Å². The molecular formula is C46H64Br2O2. The Kier molecular flexibility index (Phi) is 19.8. The van der Waals surface area contributed by atoms with Crippen LogP contribution in [0.3, 0.4) is 0 Å². The zero-order valence-electron chi connectivity index (χ0n) is 31.3. The molecule has 274 valence electrons. The van der Waals surface area contributed by atoms with Crippen LogP contribution >= 0.6 is 31.9 Å². The van der Waals surface area contributed by atoms with E-state index in [0.717, 1.165) is 48.2 Å². The van der Waals surface area contributed by atoms with Gasteiger partial charge in [-0.05, 0) is 75.3 Å². The highest BCUT2D eigenvalue weighted by atomic mass is 79.9. The Morgan fingerprint density at radius 3 is 1.52 bits per heavy atom. The van der Waals surface area contributed by atoms with E-state index in [1.54, 1.807) is 0 Å². The fourth-order valence-corrected chi connectivity index (χ4v) is 7.84. The molecule has 0 heterocycles. The molecule has 0 aliphatic heterocycles. The zero-order chi connectivity index (χ0) is 35.2. The van der Waals surface area contributed by atoms with Gasteiger partial charge in [0.2, 0.25) is 0 Å². The number of halogens is 2. The molecule has 0 aliphatic rings. The van der Waals surface area contributed by atoms with Crippen LogP contribution in [0.4, 0.5) is 0 Å².